The van der Waals surface area contributed by atoms with Crippen LogP contribution in [0.4, 0.5) is 0 Å². The van der Waals surface area contributed by atoms with Gasteiger partial charge < -0.3 is 14.5 Å². The molecule has 0 amide bonds. The number of hydrogen-bond acceptors (Lipinski definition) is 8. The van der Waals surface area contributed by atoms with Gasteiger partial charge in [-0.15, -0.1) is 5.10 Å². The summed E-state index contributed by atoms with van der Waals surface area (Å²) in [5.74, 6) is 1.36. The minimum atomic E-state index is -3.81. The summed E-state index contributed by atoms with van der Waals surface area (Å²) in [5.41, 5.74) is 1.17. The highest BCUT2D eigenvalue weighted by Crippen LogP contribution is 2.30. The van der Waals surface area contributed by atoms with Gasteiger partial charge in [-0.3, -0.25) is 9.69 Å². The van der Waals surface area contributed by atoms with Crippen molar-refractivity contribution >= 4 is 15.5 Å². The van der Waals surface area contributed by atoms with Crippen LogP contribution < -0.4 is 15.0 Å². The van der Waals surface area contributed by atoms with Gasteiger partial charge in [0.25, 0.3) is 5.56 Å². The quantitative estimate of drug-likeness (QED) is 0.326. The van der Waals surface area contributed by atoms with Crippen molar-refractivity contribution in [3.63, 3.8) is 0 Å². The van der Waals surface area contributed by atoms with Gasteiger partial charge in [-0.1, -0.05) is 20.8 Å². The van der Waals surface area contributed by atoms with E-state index < -0.39 is 10.0 Å². The van der Waals surface area contributed by atoms with Crippen molar-refractivity contribution in [2.45, 2.75) is 70.7 Å². The number of aryl methyl sites for hydroxylation is 2. The van der Waals surface area contributed by atoms with Crippen LogP contribution in [0.25, 0.3) is 16.9 Å². The van der Waals surface area contributed by atoms with E-state index in [4.69, 9.17) is 14.6 Å². The van der Waals surface area contributed by atoms with E-state index in [2.05, 4.69) is 26.5 Å². The Morgan fingerprint density at radius 2 is 1.95 bits per heavy atom. The van der Waals surface area contributed by atoms with Gasteiger partial charge >= 0.3 is 0 Å². The number of ether oxygens (including phenoxy) is 2. The van der Waals surface area contributed by atoms with Crippen LogP contribution in [0.3, 0.4) is 0 Å². The van der Waals surface area contributed by atoms with Gasteiger partial charge in [-0.05, 0) is 50.8 Å². The second-order valence-corrected chi connectivity index (χ2v) is 11.4. The number of hydrogen-bond donors (Lipinski definition) is 2. The lowest BCUT2D eigenvalue weighted by atomic mass is 10.1. The van der Waals surface area contributed by atoms with Crippen molar-refractivity contribution in [2.75, 3.05) is 39.5 Å². The molecule has 3 heterocycles. The maximum atomic E-state index is 13.3. The summed E-state index contributed by atoms with van der Waals surface area (Å²) in [6.07, 6.45) is 3.75. The molecule has 1 aliphatic rings. The minimum Gasteiger partial charge on any atom is -0.493 e. The zero-order valence-corrected chi connectivity index (χ0v) is 24.1. The average molecular weight is 561 g/mol. The number of nitrogens with zero attached hydrogens (tertiary/aromatic N) is 4. The molecule has 0 spiro atoms. The van der Waals surface area contributed by atoms with Crippen molar-refractivity contribution in [1.82, 2.24) is 29.2 Å². The summed E-state index contributed by atoms with van der Waals surface area (Å²) in [4.78, 5) is 23.1. The fraction of sp³-hybridized carbons (Fsp3) is 0.593. The highest BCUT2D eigenvalue weighted by atomic mass is 32.2. The van der Waals surface area contributed by atoms with Gasteiger partial charge in [0.05, 0.1) is 36.0 Å². The number of rotatable bonds is 13. The van der Waals surface area contributed by atoms with Crippen LogP contribution >= 0.6 is 0 Å². The first kappa shape index (κ1) is 29.2. The van der Waals surface area contributed by atoms with Crippen LogP contribution in [-0.2, 0) is 27.6 Å². The Labute approximate surface area is 230 Å². The summed E-state index contributed by atoms with van der Waals surface area (Å²) >= 11 is 0. The van der Waals surface area contributed by atoms with Gasteiger partial charge in [-0.2, -0.15) is 0 Å². The van der Waals surface area contributed by atoms with Crippen molar-refractivity contribution in [3.05, 3.63) is 40.1 Å². The summed E-state index contributed by atoms with van der Waals surface area (Å²) in [5, 5.41) is 4.70. The predicted octanol–water partition coefficient (Wildman–Crippen LogP) is 2.78. The number of aromatic amines is 1. The van der Waals surface area contributed by atoms with E-state index in [1.54, 1.807) is 10.6 Å². The SMILES string of the molecule is CCCc1nc(CC)c2c(=O)[nH]c(-c3cc(S(=O)(=O)NCCC(CC)N4CCOCC4)ccc3OCC)nn12. The number of aromatic nitrogens is 4. The molecule has 11 nitrogen and oxygen atoms in total. The molecular weight excluding hydrogens is 520 g/mol. The molecule has 39 heavy (non-hydrogen) atoms. The van der Waals surface area contributed by atoms with Gasteiger partial charge in [0.1, 0.15) is 11.6 Å². The number of sulfonamides is 1. The van der Waals surface area contributed by atoms with E-state index in [9.17, 15) is 13.2 Å². The van der Waals surface area contributed by atoms with Gasteiger partial charge in [0.15, 0.2) is 11.3 Å². The molecule has 214 valence electrons. The molecule has 4 rings (SSSR count). The molecule has 1 saturated heterocycles. The molecule has 0 aliphatic carbocycles. The number of nitrogens with one attached hydrogen (secondary N) is 2. The van der Waals surface area contributed by atoms with Crippen molar-refractivity contribution in [1.29, 1.82) is 0 Å². The molecule has 1 atom stereocenters. The largest absolute Gasteiger partial charge is 0.493 e. The Hall–Kier alpha value is -2.80. The van der Waals surface area contributed by atoms with E-state index in [0.717, 1.165) is 25.9 Å². The van der Waals surface area contributed by atoms with Gasteiger partial charge in [0.2, 0.25) is 10.0 Å². The first-order valence-corrected chi connectivity index (χ1v) is 15.4. The molecule has 3 aromatic rings. The Morgan fingerprint density at radius 3 is 2.62 bits per heavy atom. The summed E-state index contributed by atoms with van der Waals surface area (Å²) < 4.78 is 42.2. The number of morpholine rings is 1. The minimum absolute atomic E-state index is 0.0804. The molecule has 0 saturated carbocycles. The third-order valence-corrected chi connectivity index (χ3v) is 8.53. The molecule has 2 N–H and O–H groups in total. The molecule has 1 unspecified atom stereocenters. The van der Waals surface area contributed by atoms with Crippen LogP contribution in [0.1, 0.15) is 58.5 Å². The topological polar surface area (TPSA) is 131 Å². The lowest BCUT2D eigenvalue weighted by molar-refractivity contribution is 0.0143. The van der Waals surface area contributed by atoms with Crippen molar-refractivity contribution < 1.29 is 17.9 Å². The highest BCUT2D eigenvalue weighted by molar-refractivity contribution is 7.89. The molecule has 0 bridgehead atoms. The van der Waals surface area contributed by atoms with Crippen LogP contribution in [0, 0.1) is 0 Å². The molecule has 1 aliphatic heterocycles. The van der Waals surface area contributed by atoms with E-state index >= 15 is 0 Å². The van der Waals surface area contributed by atoms with E-state index in [-0.39, 0.29) is 22.3 Å². The van der Waals surface area contributed by atoms with Crippen LogP contribution in [0.2, 0.25) is 0 Å². The number of fused-ring (bicyclic) bond motifs is 1. The summed E-state index contributed by atoms with van der Waals surface area (Å²) in [7, 11) is -3.81. The molecule has 12 heteroatoms. The lowest BCUT2D eigenvalue weighted by Crippen LogP contribution is -2.44. The van der Waals surface area contributed by atoms with E-state index in [1.165, 1.54) is 12.1 Å². The number of H-pyrrole nitrogens is 1. The lowest BCUT2D eigenvalue weighted by Gasteiger charge is -2.34. The van der Waals surface area contributed by atoms with Gasteiger partial charge in [-0.25, -0.2) is 22.6 Å². The molecule has 0 radical (unpaired) electrons. The second kappa shape index (κ2) is 13.0. The first-order valence-electron chi connectivity index (χ1n) is 13.9. The van der Waals surface area contributed by atoms with Crippen LogP contribution in [-0.4, -0.2) is 78.4 Å². The highest BCUT2D eigenvalue weighted by Gasteiger charge is 2.23. The fourth-order valence-corrected chi connectivity index (χ4v) is 6.13. The fourth-order valence-electron chi connectivity index (χ4n) is 5.06. The molecule has 2 aromatic heterocycles. The average Bonchev–Trinajstić information content (AvgIpc) is 3.30. The molecular formula is C27H40N6O5S. The third-order valence-electron chi connectivity index (χ3n) is 7.07. The van der Waals surface area contributed by atoms with Gasteiger partial charge in [0, 0.05) is 32.1 Å². The number of imidazole rings is 1. The number of benzene rings is 1. The van der Waals surface area contributed by atoms with Crippen molar-refractivity contribution in [3.8, 4) is 17.1 Å². The summed E-state index contributed by atoms with van der Waals surface area (Å²) in [6.45, 7) is 11.8. The molecule has 1 aromatic carbocycles. The monoisotopic (exact) mass is 560 g/mol. The standard InChI is InChI=1S/C27H40N6O5S/c1-5-9-24-29-22(7-3)25-27(34)30-26(31-33(24)25)21-18-20(10-11-23(21)38-8-4)39(35,36)28-13-12-19(6-2)32-14-16-37-17-15-32/h10-11,18-19,28H,5-9,12-17H2,1-4H3,(H,30,31,34). The Balaban J connectivity index is 1.64. The Bertz CT molecular complexity index is 1430. The zero-order valence-electron chi connectivity index (χ0n) is 23.3. The van der Waals surface area contributed by atoms with Crippen LogP contribution in [0.15, 0.2) is 27.9 Å². The maximum Gasteiger partial charge on any atom is 0.277 e. The second-order valence-electron chi connectivity index (χ2n) is 9.63. The Morgan fingerprint density at radius 1 is 1.18 bits per heavy atom. The van der Waals surface area contributed by atoms with E-state index in [1.807, 2.05) is 20.8 Å². The normalized spacial score (nSPS) is 15.6. The van der Waals surface area contributed by atoms with Crippen molar-refractivity contribution in [2.24, 2.45) is 0 Å². The summed E-state index contributed by atoms with van der Waals surface area (Å²) in [6, 6.07) is 4.92. The van der Waals surface area contributed by atoms with Crippen LogP contribution in [0.5, 0.6) is 5.75 Å². The Kier molecular flexibility index (Phi) is 9.76. The first-order chi connectivity index (χ1) is 18.8. The maximum absolute atomic E-state index is 13.3. The zero-order chi connectivity index (χ0) is 28.0. The smallest absolute Gasteiger partial charge is 0.277 e. The third kappa shape index (κ3) is 6.51. The predicted molar refractivity (Wildman–Crippen MR) is 150 cm³/mol. The molecule has 1 fully saturated rings. The van der Waals surface area contributed by atoms with E-state index in [0.29, 0.717) is 74.0 Å².